The van der Waals surface area contributed by atoms with Gasteiger partial charge in [-0.2, -0.15) is 13.2 Å². The summed E-state index contributed by atoms with van der Waals surface area (Å²) in [5.41, 5.74) is 4.86. The van der Waals surface area contributed by atoms with Crippen LogP contribution in [0.4, 0.5) is 18.3 Å². The van der Waals surface area contributed by atoms with Crippen molar-refractivity contribution < 1.29 is 47.1 Å². The maximum absolute atomic E-state index is 13.0. The Kier molecular flexibility index (Phi) is 9.43. The molecular formula is C22H22F3N6NaO7S. The Morgan fingerprint density at radius 1 is 1.32 bits per heavy atom. The monoisotopic (exact) mass is 594 g/mol. The van der Waals surface area contributed by atoms with Gasteiger partial charge in [0.1, 0.15) is 24.0 Å². The number of amides is 3. The molecule has 2 saturated heterocycles. The summed E-state index contributed by atoms with van der Waals surface area (Å²) in [4.78, 5) is 71.6. The van der Waals surface area contributed by atoms with E-state index in [0.29, 0.717) is 4.90 Å². The van der Waals surface area contributed by atoms with Crippen molar-refractivity contribution in [2.24, 2.45) is 5.16 Å². The van der Waals surface area contributed by atoms with E-state index in [0.717, 1.165) is 23.2 Å². The number of allylic oxidation sites excluding steroid dienone is 2. The van der Waals surface area contributed by atoms with Crippen LogP contribution in [0, 0.1) is 0 Å². The summed E-state index contributed by atoms with van der Waals surface area (Å²) in [6.07, 6.45) is -3.09. The summed E-state index contributed by atoms with van der Waals surface area (Å²) in [7, 11) is 0. The second-order valence-corrected chi connectivity index (χ2v) is 9.69. The van der Waals surface area contributed by atoms with Crippen LogP contribution in [0.3, 0.4) is 0 Å². The number of fused-ring (bicyclic) bond motifs is 1. The number of halogens is 3. The summed E-state index contributed by atoms with van der Waals surface area (Å²) in [6, 6.07) is -1.90. The van der Waals surface area contributed by atoms with E-state index in [1.54, 1.807) is 0 Å². The second kappa shape index (κ2) is 12.1. The number of thiazole rings is 1. The van der Waals surface area contributed by atoms with Gasteiger partial charge in [0.25, 0.3) is 11.8 Å². The van der Waals surface area contributed by atoms with Crippen molar-refractivity contribution >= 4 is 81.4 Å². The molecule has 0 aromatic carbocycles. The third kappa shape index (κ3) is 6.54. The number of hydrogen-bond acceptors (Lipinski definition) is 10. The number of carbonyl (C=O) groups is 5. The first-order chi connectivity index (χ1) is 18.3. The number of nitrogens with zero attached hydrogens (tertiary/aromatic N) is 4. The van der Waals surface area contributed by atoms with Crippen molar-refractivity contribution in [1.29, 1.82) is 0 Å². The van der Waals surface area contributed by atoms with Crippen molar-refractivity contribution in [3.8, 4) is 0 Å². The molecule has 3 aliphatic heterocycles. The number of hydrogen-bond donors (Lipinski definition) is 3. The maximum atomic E-state index is 13.0. The summed E-state index contributed by atoms with van der Waals surface area (Å²) < 4.78 is 38.2. The topological polar surface area (TPSA) is 185 Å². The van der Waals surface area contributed by atoms with Crippen LogP contribution in [-0.2, 0) is 28.8 Å². The fourth-order valence-corrected chi connectivity index (χ4v) is 5.08. The fraction of sp³-hybridized carbons (Fsp3) is 0.409. The molecule has 13 nitrogen and oxygen atoms in total. The van der Waals surface area contributed by atoms with Crippen molar-refractivity contribution in [2.45, 2.75) is 44.4 Å². The Bertz CT molecular complexity index is 1360. The standard InChI is InChI=1S/C22H21F3N6O7S.Na.H/c1-9(32)38-29-14(12-7-39-21(26)27-12)17(33)28-15-13-3-2-10(16(20(36)37)31(13)19(15)35)6-11-4-5-30(18(11)34)8-22(23,24)25;;/h6-7,13,15H,2-5,8H2,1H3,(H2,26,27)(H,28,33)(H,36,37);;/b11-6?,29-14-;;/t13-,15+;;/m1../s1. The van der Waals surface area contributed by atoms with Gasteiger partial charge in [0.2, 0.25) is 5.91 Å². The van der Waals surface area contributed by atoms with Gasteiger partial charge in [-0.25, -0.2) is 14.6 Å². The molecule has 18 heteroatoms. The number of aliphatic carboxylic acids is 1. The van der Waals surface area contributed by atoms with Gasteiger partial charge in [0.15, 0.2) is 10.8 Å². The van der Waals surface area contributed by atoms with Gasteiger partial charge < -0.3 is 25.9 Å². The van der Waals surface area contributed by atoms with E-state index in [1.807, 2.05) is 0 Å². The Labute approximate surface area is 250 Å². The number of alkyl halides is 3. The van der Waals surface area contributed by atoms with E-state index in [9.17, 15) is 42.3 Å². The van der Waals surface area contributed by atoms with Crippen LogP contribution in [0.5, 0.6) is 0 Å². The first-order valence-electron chi connectivity index (χ1n) is 11.4. The zero-order chi connectivity index (χ0) is 28.6. The molecule has 2 atom stereocenters. The van der Waals surface area contributed by atoms with Crippen molar-refractivity contribution in [1.82, 2.24) is 20.1 Å². The number of anilines is 1. The van der Waals surface area contributed by atoms with Gasteiger partial charge in [0, 0.05) is 24.4 Å². The number of oxime groups is 1. The number of carbonyl (C=O) groups excluding carboxylic acids is 4. The molecule has 0 aliphatic carbocycles. The molecule has 4 rings (SSSR count). The van der Waals surface area contributed by atoms with Gasteiger partial charge in [-0.05, 0) is 30.9 Å². The number of likely N-dealkylation sites (tertiary alicyclic amines) is 1. The first-order valence-corrected chi connectivity index (χ1v) is 12.3. The van der Waals surface area contributed by atoms with Crippen molar-refractivity contribution in [2.75, 3.05) is 18.8 Å². The molecule has 4 N–H and O–H groups in total. The molecule has 1 aromatic rings. The summed E-state index contributed by atoms with van der Waals surface area (Å²) in [5, 5.41) is 17.3. The predicted molar refractivity (Wildman–Crippen MR) is 134 cm³/mol. The van der Waals surface area contributed by atoms with Crippen molar-refractivity contribution in [3.05, 3.63) is 34.0 Å². The van der Waals surface area contributed by atoms with Crippen LogP contribution in [0.2, 0.25) is 0 Å². The molecule has 210 valence electrons. The van der Waals surface area contributed by atoms with E-state index >= 15 is 0 Å². The molecule has 3 aliphatic rings. The summed E-state index contributed by atoms with van der Waals surface area (Å²) in [5.74, 6) is -4.83. The predicted octanol–water partition coefficient (Wildman–Crippen LogP) is -0.107. The number of nitrogens with one attached hydrogen (secondary N) is 1. The average Bonchev–Trinajstić information content (AvgIpc) is 3.41. The average molecular weight is 595 g/mol. The van der Waals surface area contributed by atoms with Gasteiger partial charge in [-0.1, -0.05) is 5.16 Å². The van der Waals surface area contributed by atoms with Crippen LogP contribution in [0.15, 0.2) is 33.5 Å². The molecule has 0 unspecified atom stereocenters. The van der Waals surface area contributed by atoms with Crippen LogP contribution < -0.4 is 11.1 Å². The number of rotatable bonds is 7. The summed E-state index contributed by atoms with van der Waals surface area (Å²) in [6.45, 7) is -0.525. The minimum absolute atomic E-state index is 0. The molecule has 1 aromatic heterocycles. The Morgan fingerprint density at radius 2 is 2.02 bits per heavy atom. The number of carboxylic acids is 1. The number of nitrogen functional groups attached to an aromatic ring is 1. The van der Waals surface area contributed by atoms with E-state index in [1.165, 1.54) is 11.5 Å². The molecule has 40 heavy (non-hydrogen) atoms. The van der Waals surface area contributed by atoms with Crippen molar-refractivity contribution in [3.63, 3.8) is 0 Å². The second-order valence-electron chi connectivity index (χ2n) is 8.80. The minimum atomic E-state index is -4.58. The fourth-order valence-electron chi connectivity index (χ4n) is 4.53. The molecular weight excluding hydrogens is 572 g/mol. The number of nitrogens with two attached hydrogens (primary N) is 1. The molecule has 3 amide bonds. The summed E-state index contributed by atoms with van der Waals surface area (Å²) >= 11 is 0.992. The number of aromatic nitrogens is 1. The van der Waals surface area contributed by atoms with Crippen LogP contribution in [0.25, 0.3) is 0 Å². The zero-order valence-electron chi connectivity index (χ0n) is 20.1. The molecule has 4 heterocycles. The third-order valence-corrected chi connectivity index (χ3v) is 6.81. The van der Waals surface area contributed by atoms with E-state index in [2.05, 4.69) is 20.3 Å². The van der Waals surface area contributed by atoms with E-state index in [4.69, 9.17) is 5.73 Å². The van der Waals surface area contributed by atoms with E-state index in [-0.39, 0.29) is 77.3 Å². The zero-order valence-corrected chi connectivity index (χ0v) is 21.0. The Balaban J connectivity index is 0.00000441. The Hall–Kier alpha value is -3.28. The molecule has 0 spiro atoms. The van der Waals surface area contributed by atoms with Crippen LogP contribution in [0.1, 0.15) is 31.9 Å². The van der Waals surface area contributed by atoms with Crippen LogP contribution in [-0.4, -0.2) is 116 Å². The normalized spacial score (nSPS) is 22.1. The Morgan fingerprint density at radius 3 is 2.60 bits per heavy atom. The van der Waals surface area contributed by atoms with Gasteiger partial charge >= 0.3 is 47.7 Å². The SMILES string of the molecule is CC(=O)O/N=C(\C(=O)N[C@@H]1C(=O)N2C(C(=O)O)=C(C=C3CCN(CC(F)(F)F)C3=O)CC[C@H]12)c1csc(N)n1.[NaH]. The van der Waals surface area contributed by atoms with Gasteiger partial charge in [-0.3, -0.25) is 19.3 Å². The number of β-lactam (4-membered cyclic amide) rings is 1. The quantitative estimate of drug-likeness (QED) is 0.0968. The molecule has 0 radical (unpaired) electrons. The number of carboxylic acid groups (broad SMARTS) is 1. The molecule has 0 saturated carbocycles. The van der Waals surface area contributed by atoms with Gasteiger partial charge in [0.05, 0.1) is 6.04 Å². The van der Waals surface area contributed by atoms with Crippen LogP contribution >= 0.6 is 11.3 Å². The molecule has 0 bridgehead atoms. The van der Waals surface area contributed by atoms with E-state index < -0.39 is 65.9 Å². The van der Waals surface area contributed by atoms with Gasteiger partial charge in [-0.15, -0.1) is 11.3 Å². The third-order valence-electron chi connectivity index (χ3n) is 6.14. The molecule has 2 fully saturated rings. The first kappa shape index (κ1) is 31.3.